The van der Waals surface area contributed by atoms with Crippen LogP contribution >= 0.6 is 15.9 Å². The third-order valence-electron chi connectivity index (χ3n) is 3.31. The predicted molar refractivity (Wildman–Crippen MR) is 73.4 cm³/mol. The van der Waals surface area contributed by atoms with E-state index >= 15 is 0 Å². The molecule has 2 N–H and O–H groups in total. The van der Waals surface area contributed by atoms with Gasteiger partial charge < -0.3 is 15.5 Å². The van der Waals surface area contributed by atoms with Crippen LogP contribution in [0.1, 0.15) is 5.56 Å². The van der Waals surface area contributed by atoms with Gasteiger partial charge in [-0.15, -0.1) is 0 Å². The Kier molecular flexibility index (Phi) is 3.13. The zero-order valence-electron chi connectivity index (χ0n) is 10.00. The summed E-state index contributed by atoms with van der Waals surface area (Å²) in [4.78, 5) is 4.59. The van der Waals surface area contributed by atoms with Gasteiger partial charge in [0.15, 0.2) is 0 Å². The molecule has 1 atom stereocenters. The van der Waals surface area contributed by atoms with E-state index in [1.165, 1.54) is 16.9 Å². The summed E-state index contributed by atoms with van der Waals surface area (Å²) >= 11 is 3.55. The monoisotopic (exact) mass is 283 g/mol. The minimum atomic E-state index is 0.395. The zero-order valence-corrected chi connectivity index (χ0v) is 11.6. The number of hydrogen-bond donors (Lipinski definition) is 1. The first kappa shape index (κ1) is 11.7. The molecule has 3 nitrogen and oxygen atoms in total. The number of rotatable bonds is 1. The largest absolute Gasteiger partial charge is 0.371 e. The van der Waals surface area contributed by atoms with E-state index in [-0.39, 0.29) is 0 Å². The Morgan fingerprint density at radius 3 is 2.75 bits per heavy atom. The van der Waals surface area contributed by atoms with Crippen molar-refractivity contribution in [1.29, 1.82) is 0 Å². The van der Waals surface area contributed by atoms with Crippen LogP contribution in [-0.2, 0) is 0 Å². The number of nitrogens with two attached hydrogens (primary N) is 1. The topological polar surface area (TPSA) is 32.5 Å². The van der Waals surface area contributed by atoms with Crippen molar-refractivity contribution < 1.29 is 0 Å². The van der Waals surface area contributed by atoms with Gasteiger partial charge >= 0.3 is 0 Å². The van der Waals surface area contributed by atoms with E-state index in [1.54, 1.807) is 0 Å². The van der Waals surface area contributed by atoms with Gasteiger partial charge in [-0.25, -0.2) is 0 Å². The van der Waals surface area contributed by atoms with Crippen molar-refractivity contribution in [3.63, 3.8) is 0 Å². The smallest absolute Gasteiger partial charge is 0.0632 e. The summed E-state index contributed by atoms with van der Waals surface area (Å²) in [6, 6.07) is 4.72. The van der Waals surface area contributed by atoms with Crippen molar-refractivity contribution in [1.82, 2.24) is 0 Å². The van der Waals surface area contributed by atoms with Gasteiger partial charge in [0, 0.05) is 31.7 Å². The molecule has 1 aromatic rings. The quantitative estimate of drug-likeness (QED) is 0.856. The molecule has 88 valence electrons. The summed E-state index contributed by atoms with van der Waals surface area (Å²) in [7, 11) is 4.25. The minimum absolute atomic E-state index is 0.395. The van der Waals surface area contributed by atoms with Crippen LogP contribution in [0.15, 0.2) is 16.6 Å². The predicted octanol–water partition coefficient (Wildman–Crippen LogP) is 1.97. The lowest BCUT2D eigenvalue weighted by Crippen LogP contribution is -2.50. The summed E-state index contributed by atoms with van der Waals surface area (Å²) in [6.45, 7) is 3.82. The number of likely N-dealkylation sites (N-methyl/N-ethyl adjacent to an activating group) is 2. The third kappa shape index (κ3) is 1.80. The molecule has 1 aromatic carbocycles. The average Bonchev–Trinajstić information content (AvgIpc) is 2.22. The molecule has 16 heavy (non-hydrogen) atoms. The molecule has 1 heterocycles. The Bertz CT molecular complexity index is 405. The van der Waals surface area contributed by atoms with Crippen molar-refractivity contribution in [2.24, 2.45) is 5.73 Å². The van der Waals surface area contributed by atoms with Crippen molar-refractivity contribution in [2.45, 2.75) is 13.0 Å². The summed E-state index contributed by atoms with van der Waals surface area (Å²) in [6.07, 6.45) is 0. The van der Waals surface area contributed by atoms with E-state index < -0.39 is 0 Å². The Hall–Kier alpha value is -0.740. The molecular weight excluding hydrogens is 266 g/mol. The molecule has 2 rings (SSSR count). The van der Waals surface area contributed by atoms with Crippen LogP contribution in [0.3, 0.4) is 0 Å². The molecule has 0 spiro atoms. The molecule has 0 saturated heterocycles. The Morgan fingerprint density at radius 1 is 1.44 bits per heavy atom. The number of nitrogens with zero attached hydrogens (tertiary/aromatic N) is 2. The summed E-state index contributed by atoms with van der Waals surface area (Å²) in [5.74, 6) is 0. The van der Waals surface area contributed by atoms with Gasteiger partial charge in [0.2, 0.25) is 0 Å². The van der Waals surface area contributed by atoms with Crippen molar-refractivity contribution in [3.8, 4) is 0 Å². The highest BCUT2D eigenvalue weighted by atomic mass is 79.9. The number of benzene rings is 1. The number of fused-ring (bicyclic) bond motifs is 1. The van der Waals surface area contributed by atoms with Gasteiger partial charge in [0.1, 0.15) is 0 Å². The molecule has 0 radical (unpaired) electrons. The maximum atomic E-state index is 5.81. The van der Waals surface area contributed by atoms with E-state index in [2.05, 4.69) is 58.9 Å². The lowest BCUT2D eigenvalue weighted by molar-refractivity contribution is 0.608. The molecule has 0 aliphatic carbocycles. The molecule has 1 aliphatic heterocycles. The maximum Gasteiger partial charge on any atom is 0.0632 e. The van der Waals surface area contributed by atoms with Gasteiger partial charge in [-0.2, -0.15) is 0 Å². The van der Waals surface area contributed by atoms with Crippen LogP contribution in [0, 0.1) is 6.92 Å². The lowest BCUT2D eigenvalue weighted by Gasteiger charge is -2.41. The van der Waals surface area contributed by atoms with Crippen LogP contribution in [0.4, 0.5) is 11.4 Å². The van der Waals surface area contributed by atoms with Gasteiger partial charge in [-0.05, 0) is 24.6 Å². The first-order valence-corrected chi connectivity index (χ1v) is 6.28. The maximum absolute atomic E-state index is 5.81. The van der Waals surface area contributed by atoms with Gasteiger partial charge in [-0.3, -0.25) is 0 Å². The minimum Gasteiger partial charge on any atom is -0.371 e. The van der Waals surface area contributed by atoms with Crippen LogP contribution in [-0.4, -0.2) is 33.2 Å². The van der Waals surface area contributed by atoms with Crippen molar-refractivity contribution in [3.05, 3.63) is 22.2 Å². The second-order valence-electron chi connectivity index (χ2n) is 4.47. The first-order valence-electron chi connectivity index (χ1n) is 5.48. The summed E-state index contributed by atoms with van der Waals surface area (Å²) < 4.78 is 1.13. The fourth-order valence-electron chi connectivity index (χ4n) is 2.44. The van der Waals surface area contributed by atoms with Crippen LogP contribution in [0.2, 0.25) is 0 Å². The highest BCUT2D eigenvalue weighted by Crippen LogP contribution is 2.38. The van der Waals surface area contributed by atoms with Crippen LogP contribution < -0.4 is 15.5 Å². The third-order valence-corrected chi connectivity index (χ3v) is 3.77. The highest BCUT2D eigenvalue weighted by molar-refractivity contribution is 9.10. The highest BCUT2D eigenvalue weighted by Gasteiger charge is 2.26. The zero-order chi connectivity index (χ0) is 11.9. The van der Waals surface area contributed by atoms with Crippen molar-refractivity contribution in [2.75, 3.05) is 37.0 Å². The number of halogens is 1. The van der Waals surface area contributed by atoms with Gasteiger partial charge in [0.05, 0.1) is 17.4 Å². The fourth-order valence-corrected chi connectivity index (χ4v) is 3.00. The van der Waals surface area contributed by atoms with E-state index in [0.717, 1.165) is 11.0 Å². The number of aryl methyl sites for hydroxylation is 1. The molecule has 0 bridgehead atoms. The fraction of sp³-hybridized carbons (Fsp3) is 0.500. The summed E-state index contributed by atoms with van der Waals surface area (Å²) in [5.41, 5.74) is 9.68. The molecular formula is C12H18BrN3. The number of hydrogen-bond acceptors (Lipinski definition) is 3. The second-order valence-corrected chi connectivity index (χ2v) is 5.39. The van der Waals surface area contributed by atoms with E-state index in [4.69, 9.17) is 5.73 Å². The average molecular weight is 284 g/mol. The Balaban J connectivity index is 2.54. The molecule has 0 saturated carbocycles. The van der Waals surface area contributed by atoms with Crippen molar-refractivity contribution >= 4 is 27.3 Å². The van der Waals surface area contributed by atoms with E-state index in [0.29, 0.717) is 12.6 Å². The first-order chi connectivity index (χ1) is 7.54. The molecule has 0 amide bonds. The van der Waals surface area contributed by atoms with Gasteiger partial charge in [0.25, 0.3) is 0 Å². The van der Waals surface area contributed by atoms with Crippen LogP contribution in [0.5, 0.6) is 0 Å². The molecule has 0 aromatic heterocycles. The van der Waals surface area contributed by atoms with Gasteiger partial charge in [-0.1, -0.05) is 15.9 Å². The standard InChI is InChI=1S/C12H18BrN3/c1-8-4-9(13)5-11-12(8)15(2)7-10(6-14)16(11)3/h4-5,10H,6-7,14H2,1-3H3. The molecule has 4 heteroatoms. The number of anilines is 2. The summed E-state index contributed by atoms with van der Waals surface area (Å²) in [5, 5.41) is 0. The SMILES string of the molecule is Cc1cc(Br)cc2c1N(C)CC(CN)N2C. The lowest BCUT2D eigenvalue weighted by atomic mass is 10.0. The Labute approximate surface area is 105 Å². The van der Waals surface area contributed by atoms with E-state index in [9.17, 15) is 0 Å². The second kappa shape index (κ2) is 4.26. The molecule has 1 aliphatic rings. The Morgan fingerprint density at radius 2 is 2.12 bits per heavy atom. The van der Waals surface area contributed by atoms with E-state index in [1.807, 2.05) is 0 Å². The molecule has 1 unspecified atom stereocenters. The van der Waals surface area contributed by atoms with Crippen LogP contribution in [0.25, 0.3) is 0 Å². The normalized spacial score (nSPS) is 19.9. The molecule has 0 fully saturated rings.